The maximum Gasteiger partial charge on any atom is 0.432 e. The molecule has 2 aromatic carbocycles. The highest BCUT2D eigenvalue weighted by atomic mass is 35.5. The molecule has 1 amide bonds. The molecule has 0 saturated carbocycles. The molecule has 0 bridgehead atoms. The molecule has 0 atom stereocenters. The largest absolute Gasteiger partial charge is 0.432 e. The molecule has 0 aliphatic rings. The fourth-order valence-electron chi connectivity index (χ4n) is 2.74. The number of carbonyl (C=O) groups excluding carboxylic acids is 1. The highest BCUT2D eigenvalue weighted by Crippen LogP contribution is 2.36. The Hall–Kier alpha value is -3.01. The van der Waals surface area contributed by atoms with Crippen LogP contribution in [0.25, 0.3) is 10.9 Å². The van der Waals surface area contributed by atoms with Gasteiger partial charge >= 0.3 is 12.4 Å². The van der Waals surface area contributed by atoms with Gasteiger partial charge in [0.2, 0.25) is 5.43 Å². The number of para-hydroxylation sites is 1. The second kappa shape index (κ2) is 7.11. The van der Waals surface area contributed by atoms with Crippen molar-refractivity contribution >= 4 is 34.1 Å². The smallest absolute Gasteiger partial charge is 0.350 e. The van der Waals surface area contributed by atoms with E-state index in [1.807, 2.05) is 0 Å². The Balaban J connectivity index is 2.27. The standard InChI is InChI=1S/C18H9ClF6N2O2/c19-8-3-1-4-9(7-8)26-16(29)12-14(28)10-5-2-6-11(17(20,21)22)13(10)27-15(12)18(23,24)25/h1-7H,(H,26,29)(H,27,28). The lowest BCUT2D eigenvalue weighted by Crippen LogP contribution is -2.29. The lowest BCUT2D eigenvalue weighted by molar-refractivity contribution is -0.142. The summed E-state index contributed by atoms with van der Waals surface area (Å²) in [5.74, 6) is -1.44. The van der Waals surface area contributed by atoms with Crippen LogP contribution in [-0.2, 0) is 12.4 Å². The molecule has 3 aromatic rings. The van der Waals surface area contributed by atoms with Crippen LogP contribution >= 0.6 is 11.6 Å². The summed E-state index contributed by atoms with van der Waals surface area (Å²) < 4.78 is 80.0. The lowest BCUT2D eigenvalue weighted by atomic mass is 10.0. The topological polar surface area (TPSA) is 62.0 Å². The van der Waals surface area contributed by atoms with Crippen LogP contribution in [0.4, 0.5) is 32.0 Å². The molecular weight excluding hydrogens is 426 g/mol. The number of hydrogen-bond donors (Lipinski definition) is 2. The van der Waals surface area contributed by atoms with Gasteiger partial charge in [0.25, 0.3) is 5.91 Å². The average molecular weight is 435 g/mol. The van der Waals surface area contributed by atoms with Crippen LogP contribution in [0.5, 0.6) is 0 Å². The Morgan fingerprint density at radius 3 is 2.21 bits per heavy atom. The van der Waals surface area contributed by atoms with E-state index in [1.165, 1.54) is 24.3 Å². The molecule has 1 aromatic heterocycles. The van der Waals surface area contributed by atoms with Gasteiger partial charge in [-0.05, 0) is 30.3 Å². The number of aromatic nitrogens is 1. The summed E-state index contributed by atoms with van der Waals surface area (Å²) in [6, 6.07) is 7.69. The molecule has 4 nitrogen and oxygen atoms in total. The Morgan fingerprint density at radius 1 is 0.966 bits per heavy atom. The molecule has 0 unspecified atom stereocenters. The van der Waals surface area contributed by atoms with Crippen molar-refractivity contribution in [3.63, 3.8) is 0 Å². The minimum atomic E-state index is -5.30. The lowest BCUT2D eigenvalue weighted by Gasteiger charge is -2.16. The molecule has 11 heteroatoms. The predicted octanol–water partition coefficient (Wildman–Crippen LogP) is 5.47. The van der Waals surface area contributed by atoms with Gasteiger partial charge in [-0.3, -0.25) is 9.59 Å². The zero-order valence-electron chi connectivity index (χ0n) is 14.0. The van der Waals surface area contributed by atoms with Gasteiger partial charge < -0.3 is 10.3 Å². The average Bonchev–Trinajstić information content (AvgIpc) is 2.59. The number of alkyl halides is 6. The number of fused-ring (bicyclic) bond motifs is 1. The van der Waals surface area contributed by atoms with Gasteiger partial charge in [0, 0.05) is 16.1 Å². The first-order valence-corrected chi connectivity index (χ1v) is 8.17. The molecule has 0 aliphatic carbocycles. The minimum absolute atomic E-state index is 0.000774. The molecule has 29 heavy (non-hydrogen) atoms. The molecule has 152 valence electrons. The first-order chi connectivity index (χ1) is 13.4. The van der Waals surface area contributed by atoms with Crippen LogP contribution < -0.4 is 10.7 Å². The number of rotatable bonds is 2. The summed E-state index contributed by atoms with van der Waals surface area (Å²) in [4.78, 5) is 26.6. The number of amides is 1. The Bertz CT molecular complexity index is 1170. The SMILES string of the molecule is O=C(Nc1cccc(Cl)c1)c1c(C(F)(F)F)[nH]c2c(C(F)(F)F)cccc2c1=O. The third-order valence-electron chi connectivity index (χ3n) is 3.93. The Kier molecular flexibility index (Phi) is 5.08. The van der Waals surface area contributed by atoms with Gasteiger partial charge in [-0.25, -0.2) is 0 Å². The van der Waals surface area contributed by atoms with Crippen LogP contribution in [0.3, 0.4) is 0 Å². The van der Waals surface area contributed by atoms with Gasteiger partial charge in [-0.1, -0.05) is 23.7 Å². The van der Waals surface area contributed by atoms with E-state index in [-0.39, 0.29) is 10.7 Å². The maximum absolute atomic E-state index is 13.5. The zero-order valence-corrected chi connectivity index (χ0v) is 14.8. The second-order valence-electron chi connectivity index (χ2n) is 5.89. The van der Waals surface area contributed by atoms with Crippen molar-refractivity contribution in [3.8, 4) is 0 Å². The van der Waals surface area contributed by atoms with Crippen LogP contribution in [0.15, 0.2) is 47.3 Å². The second-order valence-corrected chi connectivity index (χ2v) is 6.33. The first kappa shape index (κ1) is 20.7. The predicted molar refractivity (Wildman–Crippen MR) is 94.0 cm³/mol. The van der Waals surface area contributed by atoms with Gasteiger partial charge in [-0.2, -0.15) is 26.3 Å². The fraction of sp³-hybridized carbons (Fsp3) is 0.111. The van der Waals surface area contributed by atoms with Crippen molar-refractivity contribution in [1.29, 1.82) is 0 Å². The molecular formula is C18H9ClF6N2O2. The number of nitrogens with one attached hydrogen (secondary N) is 2. The molecule has 0 radical (unpaired) electrons. The summed E-state index contributed by atoms with van der Waals surface area (Å²) in [6.45, 7) is 0. The maximum atomic E-state index is 13.5. The summed E-state index contributed by atoms with van der Waals surface area (Å²) in [5, 5.41) is 1.56. The van der Waals surface area contributed by atoms with Gasteiger partial charge in [-0.15, -0.1) is 0 Å². The van der Waals surface area contributed by atoms with Crippen LogP contribution in [-0.4, -0.2) is 10.9 Å². The highest BCUT2D eigenvalue weighted by Gasteiger charge is 2.40. The van der Waals surface area contributed by atoms with E-state index >= 15 is 0 Å². The van der Waals surface area contributed by atoms with Gasteiger partial charge in [0.05, 0.1) is 11.1 Å². The number of carbonyl (C=O) groups is 1. The van der Waals surface area contributed by atoms with Crippen LogP contribution in [0.2, 0.25) is 5.02 Å². The van der Waals surface area contributed by atoms with Crippen molar-refractivity contribution < 1.29 is 31.1 Å². The van der Waals surface area contributed by atoms with Crippen LogP contribution in [0.1, 0.15) is 21.6 Å². The van der Waals surface area contributed by atoms with E-state index in [2.05, 4.69) is 5.32 Å². The third-order valence-corrected chi connectivity index (χ3v) is 4.17. The summed E-state index contributed by atoms with van der Waals surface area (Å²) >= 11 is 5.74. The van der Waals surface area contributed by atoms with E-state index in [9.17, 15) is 35.9 Å². The molecule has 2 N–H and O–H groups in total. The number of anilines is 1. The van der Waals surface area contributed by atoms with Crippen molar-refractivity contribution in [3.05, 3.63) is 74.5 Å². The van der Waals surface area contributed by atoms with E-state index < -0.39 is 51.4 Å². The molecule has 0 fully saturated rings. The molecule has 3 rings (SSSR count). The van der Waals surface area contributed by atoms with Gasteiger partial charge in [0.15, 0.2) is 0 Å². The Morgan fingerprint density at radius 2 is 1.62 bits per heavy atom. The third kappa shape index (κ3) is 4.07. The molecule has 0 spiro atoms. The minimum Gasteiger partial charge on any atom is -0.350 e. The summed E-state index contributed by atoms with van der Waals surface area (Å²) in [6.07, 6.45) is -10.3. The molecule has 1 heterocycles. The van der Waals surface area contributed by atoms with Crippen molar-refractivity contribution in [2.24, 2.45) is 0 Å². The number of pyridine rings is 1. The number of aromatic amines is 1. The van der Waals surface area contributed by atoms with E-state index in [0.717, 1.165) is 12.1 Å². The van der Waals surface area contributed by atoms with E-state index in [1.54, 1.807) is 4.98 Å². The van der Waals surface area contributed by atoms with Gasteiger partial charge in [0.1, 0.15) is 11.3 Å². The Labute approximate surface area is 163 Å². The highest BCUT2D eigenvalue weighted by molar-refractivity contribution is 6.31. The quantitative estimate of drug-likeness (QED) is 0.525. The monoisotopic (exact) mass is 434 g/mol. The first-order valence-electron chi connectivity index (χ1n) is 7.80. The normalized spacial score (nSPS) is 12.2. The van der Waals surface area contributed by atoms with Crippen molar-refractivity contribution in [1.82, 2.24) is 4.98 Å². The van der Waals surface area contributed by atoms with Crippen molar-refractivity contribution in [2.45, 2.75) is 12.4 Å². The molecule has 0 saturated heterocycles. The summed E-state index contributed by atoms with van der Waals surface area (Å²) in [7, 11) is 0. The van der Waals surface area contributed by atoms with Crippen molar-refractivity contribution in [2.75, 3.05) is 5.32 Å². The fourth-order valence-corrected chi connectivity index (χ4v) is 2.93. The number of benzene rings is 2. The summed E-state index contributed by atoms with van der Waals surface area (Å²) in [5.41, 5.74) is -7.25. The number of hydrogen-bond acceptors (Lipinski definition) is 2. The van der Waals surface area contributed by atoms with E-state index in [0.29, 0.717) is 6.07 Å². The zero-order chi connectivity index (χ0) is 21.6. The number of halogens is 7. The van der Waals surface area contributed by atoms with E-state index in [4.69, 9.17) is 11.6 Å². The number of H-pyrrole nitrogens is 1. The molecule has 0 aliphatic heterocycles. The van der Waals surface area contributed by atoms with Crippen LogP contribution in [0, 0.1) is 0 Å².